The second-order valence-electron chi connectivity index (χ2n) is 13.4. The van der Waals surface area contributed by atoms with Crippen molar-refractivity contribution in [3.8, 4) is 17.2 Å². The molecule has 256 valence electrons. The van der Waals surface area contributed by atoms with Gasteiger partial charge in [0.2, 0.25) is 5.78 Å². The molecule has 0 spiro atoms. The molecular formula is C46H39N3OSi3. The molecule has 9 aromatic rings. The molecule has 0 atom stereocenters. The highest BCUT2D eigenvalue weighted by atomic mass is 28.3. The minimum atomic E-state index is -5.58. The second kappa shape index (κ2) is 12.4. The zero-order valence-corrected chi connectivity index (χ0v) is 31.5. The van der Waals surface area contributed by atoms with Gasteiger partial charge in [-0.05, 0) is 74.3 Å². The van der Waals surface area contributed by atoms with E-state index in [4.69, 9.17) is 17.9 Å². The maximum Gasteiger partial charge on any atom is 0.220 e. The molecule has 0 fully saturated rings. The fraction of sp³-hybridized carbons (Fsp3) is 0.0652. The highest BCUT2D eigenvalue weighted by molar-refractivity contribution is 7.20. The fourth-order valence-electron chi connectivity index (χ4n) is 8.49. The zero-order valence-electron chi connectivity index (χ0n) is 38.5. The average Bonchev–Trinajstić information content (AvgIpc) is 3.80. The Balaban J connectivity index is 1.36. The molecule has 0 unspecified atom stereocenters. The van der Waals surface area contributed by atoms with Crippen LogP contribution in [0.25, 0.3) is 33.5 Å². The van der Waals surface area contributed by atoms with Crippen molar-refractivity contribution in [2.24, 2.45) is 0 Å². The lowest BCUT2D eigenvalue weighted by atomic mass is 9.98. The van der Waals surface area contributed by atoms with Crippen LogP contribution >= 0.6 is 0 Å². The van der Waals surface area contributed by atoms with Crippen LogP contribution < -0.4 is 25.5 Å². The van der Waals surface area contributed by atoms with Gasteiger partial charge in [-0.25, -0.2) is 4.98 Å². The summed E-state index contributed by atoms with van der Waals surface area (Å²) in [6.07, 6.45) is 0. The van der Waals surface area contributed by atoms with Gasteiger partial charge in [-0.2, -0.15) is 0 Å². The molecule has 0 bridgehead atoms. The maximum atomic E-state index is 9.75. The van der Waals surface area contributed by atoms with Crippen molar-refractivity contribution < 1.29 is 13.0 Å². The lowest BCUT2D eigenvalue weighted by Crippen LogP contribution is -2.75. The van der Waals surface area contributed by atoms with E-state index in [1.807, 2.05) is 109 Å². The first kappa shape index (κ1) is 23.0. The van der Waals surface area contributed by atoms with Crippen LogP contribution in [0.3, 0.4) is 0 Å². The molecular weight excluding hydrogens is 695 g/mol. The third kappa shape index (κ3) is 4.54. The first-order valence-corrected chi connectivity index (χ1v) is 21.6. The van der Waals surface area contributed by atoms with Crippen LogP contribution in [0, 0.1) is 0 Å². The number of para-hydroxylation sites is 6. The number of ether oxygens (including phenoxy) is 1. The van der Waals surface area contributed by atoms with E-state index < -0.39 is 44.5 Å². The van der Waals surface area contributed by atoms with Gasteiger partial charge in [0.05, 0.1) is 22.1 Å². The molecule has 1 aliphatic heterocycles. The molecule has 0 N–H and O–H groups in total. The average molecular weight is 744 g/mol. The predicted octanol–water partition coefficient (Wildman–Crippen LogP) is 6.55. The molecule has 4 nitrogen and oxygen atoms in total. The van der Waals surface area contributed by atoms with Gasteiger partial charge in [-0.1, -0.05) is 146 Å². The second-order valence-corrected chi connectivity index (χ2v) is 19.6. The van der Waals surface area contributed by atoms with Gasteiger partial charge in [0, 0.05) is 42.3 Å². The number of fused-ring (bicyclic) bond motifs is 7. The SMILES string of the molecule is [2H]C([2H])([2H])[Si]([2H])([2H])C1([Si]([2H])([2H])C([2H])([2H])[2H])c2ccccc2Oc2c1cccc2[Si](c1ccccc1)(c1ccccc1)c1cccc(-n2c3ccccc3n3c4ccccc4nc23)c1. The van der Waals surface area contributed by atoms with Gasteiger partial charge in [-0.15, -0.1) is 0 Å². The summed E-state index contributed by atoms with van der Waals surface area (Å²) in [5, 5.41) is 3.30. The first-order chi connectivity index (χ1) is 30.1. The Morgan fingerprint density at radius 1 is 0.604 bits per heavy atom. The Kier molecular flexibility index (Phi) is 5.41. The quantitative estimate of drug-likeness (QED) is 0.137. The monoisotopic (exact) mass is 743 g/mol. The van der Waals surface area contributed by atoms with Crippen LogP contribution in [0.15, 0.2) is 176 Å². The van der Waals surface area contributed by atoms with E-state index in [-0.39, 0.29) is 22.6 Å². The van der Waals surface area contributed by atoms with E-state index in [2.05, 4.69) is 39.3 Å². The van der Waals surface area contributed by atoms with Crippen LogP contribution in [0.1, 0.15) is 19.4 Å². The van der Waals surface area contributed by atoms with E-state index >= 15 is 0 Å². The van der Waals surface area contributed by atoms with Gasteiger partial charge in [0.25, 0.3) is 0 Å². The fourth-order valence-corrected chi connectivity index (χ4v) is 15.0. The number of hydrogen-bond donors (Lipinski definition) is 0. The Morgan fingerprint density at radius 2 is 1.21 bits per heavy atom. The van der Waals surface area contributed by atoms with Gasteiger partial charge in [0.15, 0.2) is 8.07 Å². The number of hydrogen-bond acceptors (Lipinski definition) is 2. The molecule has 3 heterocycles. The third-order valence-electron chi connectivity index (χ3n) is 10.8. The Hall–Kier alpha value is -5.74. The Bertz CT molecular complexity index is 3160. The number of aromatic nitrogens is 3. The summed E-state index contributed by atoms with van der Waals surface area (Å²) in [5.41, 5.74) is 4.38. The Labute approximate surface area is 328 Å². The largest absolute Gasteiger partial charge is 0.457 e. The first-order valence-electron chi connectivity index (χ1n) is 22.6. The summed E-state index contributed by atoms with van der Waals surface area (Å²) in [5.74, 6) is 0.830. The molecule has 7 heteroatoms. The highest BCUT2D eigenvalue weighted by Crippen LogP contribution is 2.47. The summed E-state index contributed by atoms with van der Waals surface area (Å²) in [4.78, 5) is 5.14. The number of nitrogens with zero attached hydrogens (tertiary/aromatic N) is 3. The van der Waals surface area contributed by atoms with E-state index in [1.54, 1.807) is 24.3 Å². The van der Waals surface area contributed by atoms with Crippen molar-refractivity contribution >= 4 is 75.4 Å². The van der Waals surface area contributed by atoms with Crippen molar-refractivity contribution in [2.45, 2.75) is 17.6 Å². The molecule has 1 aliphatic rings. The minimum absolute atomic E-state index is 0.0315. The summed E-state index contributed by atoms with van der Waals surface area (Å²) in [7, 11) is -14.9. The van der Waals surface area contributed by atoms with Gasteiger partial charge in [0.1, 0.15) is 11.5 Å². The molecule has 0 aliphatic carbocycles. The van der Waals surface area contributed by atoms with E-state index in [1.165, 1.54) is 12.1 Å². The van der Waals surface area contributed by atoms with Gasteiger partial charge in [-0.3, -0.25) is 8.97 Å². The molecule has 0 saturated heterocycles. The van der Waals surface area contributed by atoms with E-state index in [0.717, 1.165) is 49.1 Å². The van der Waals surface area contributed by atoms with Crippen LogP contribution in [0.4, 0.5) is 0 Å². The number of benzene rings is 7. The normalized spacial score (nSPS) is 17.4. The molecule has 0 saturated carbocycles. The number of imidazole rings is 2. The topological polar surface area (TPSA) is 31.5 Å². The van der Waals surface area contributed by atoms with Crippen LogP contribution in [0.5, 0.6) is 11.5 Å². The lowest BCUT2D eigenvalue weighted by Gasteiger charge is -2.43. The van der Waals surface area contributed by atoms with Crippen molar-refractivity contribution in [1.29, 1.82) is 4.94 Å². The lowest BCUT2D eigenvalue weighted by molar-refractivity contribution is 0.455. The van der Waals surface area contributed by atoms with Crippen LogP contribution in [-0.4, -0.2) is 45.7 Å². The van der Waals surface area contributed by atoms with Crippen molar-refractivity contribution in [3.63, 3.8) is 0 Å². The summed E-state index contributed by atoms with van der Waals surface area (Å²) in [6, 6.07) is 55.6. The Morgan fingerprint density at radius 3 is 1.96 bits per heavy atom. The maximum absolute atomic E-state index is 9.75. The van der Waals surface area contributed by atoms with Crippen LogP contribution in [0.2, 0.25) is 13.0 Å². The molecule has 7 aromatic carbocycles. The smallest absolute Gasteiger partial charge is 0.220 e. The summed E-state index contributed by atoms with van der Waals surface area (Å²) >= 11 is 0. The predicted molar refractivity (Wildman–Crippen MR) is 229 cm³/mol. The molecule has 0 radical (unpaired) electrons. The summed E-state index contributed by atoms with van der Waals surface area (Å²) < 4.78 is 100. The third-order valence-corrected chi connectivity index (χ3v) is 18.1. The standard InChI is InChI=1S/C46H39N3OSi3/c1-51-46(52-2)36-23-9-14-29-42(36)50-44-37(46)24-16-30-43(44)53(33-18-5-3-6-19-33,34-20-7-4-8-21-34)35-22-15-17-32(31-35)48-40-27-12-13-28-41(40)49-39-26-11-10-25-38(39)47-45(48)49/h3-31H,51-52H2,1-2H3/i1D3,2D3,51D2,52D2. The molecule has 2 aromatic heterocycles. The highest BCUT2D eigenvalue weighted by Gasteiger charge is 2.48. The number of rotatable bonds is 7. The zero-order chi connectivity index (χ0) is 44.2. The van der Waals surface area contributed by atoms with Crippen molar-refractivity contribution in [3.05, 3.63) is 187 Å². The molecule has 53 heavy (non-hydrogen) atoms. The molecule has 10 rings (SSSR count). The van der Waals surface area contributed by atoms with E-state index in [0.29, 0.717) is 5.19 Å². The molecule has 0 amide bonds. The van der Waals surface area contributed by atoms with Crippen LogP contribution in [-0.2, 0) is 4.66 Å². The van der Waals surface area contributed by atoms with Gasteiger partial charge >= 0.3 is 0 Å². The van der Waals surface area contributed by atoms with E-state index in [9.17, 15) is 4.94 Å². The minimum Gasteiger partial charge on any atom is -0.457 e. The van der Waals surface area contributed by atoms with Crippen molar-refractivity contribution in [1.82, 2.24) is 14.0 Å². The van der Waals surface area contributed by atoms with Crippen molar-refractivity contribution in [2.75, 3.05) is 0 Å². The van der Waals surface area contributed by atoms with Gasteiger partial charge < -0.3 is 4.74 Å². The summed E-state index contributed by atoms with van der Waals surface area (Å²) in [6.45, 7) is -6.67.